The van der Waals surface area contributed by atoms with Gasteiger partial charge in [0.05, 0.1) is 18.2 Å². The van der Waals surface area contributed by atoms with Gasteiger partial charge >= 0.3 is 0 Å². The van der Waals surface area contributed by atoms with Crippen LogP contribution in [-0.4, -0.2) is 59.7 Å². The second-order valence-corrected chi connectivity index (χ2v) is 7.15. The molecule has 4 heteroatoms. The van der Waals surface area contributed by atoms with Gasteiger partial charge in [-0.05, 0) is 26.4 Å². The fraction of sp³-hybridized carbons (Fsp3) is 1.00. The summed E-state index contributed by atoms with van der Waals surface area (Å²) < 4.78 is 5.98. The van der Waals surface area contributed by atoms with Crippen molar-refractivity contribution in [3.63, 3.8) is 0 Å². The number of aliphatic hydroxyl groups excluding tert-OH is 2. The van der Waals surface area contributed by atoms with Gasteiger partial charge < -0.3 is 14.9 Å². The molecule has 0 radical (unpaired) electrons. The predicted molar refractivity (Wildman–Crippen MR) is 95.7 cm³/mol. The first-order chi connectivity index (χ1) is 11.1. The Bertz CT molecular complexity index is 288. The fourth-order valence-corrected chi connectivity index (χ4v) is 3.58. The lowest BCUT2D eigenvalue weighted by molar-refractivity contribution is -0.0589. The maximum atomic E-state index is 10.3. The number of nitrogens with zero attached hydrogens (tertiary/aromatic N) is 1. The Labute approximate surface area is 143 Å². The summed E-state index contributed by atoms with van der Waals surface area (Å²) in [4.78, 5) is 2.19. The molecule has 0 aliphatic heterocycles. The van der Waals surface area contributed by atoms with Crippen molar-refractivity contribution in [3.8, 4) is 0 Å². The van der Waals surface area contributed by atoms with Crippen LogP contribution in [0.3, 0.4) is 0 Å². The highest BCUT2D eigenvalue weighted by atomic mass is 16.5. The summed E-state index contributed by atoms with van der Waals surface area (Å²) in [5.74, 6) is 0. The molecular weight excluding hydrogens is 290 g/mol. The maximum absolute atomic E-state index is 10.3. The summed E-state index contributed by atoms with van der Waals surface area (Å²) in [5.41, 5.74) is 0. The van der Waals surface area contributed by atoms with Crippen molar-refractivity contribution in [1.82, 2.24) is 4.90 Å². The van der Waals surface area contributed by atoms with E-state index in [4.69, 9.17) is 4.74 Å². The van der Waals surface area contributed by atoms with Gasteiger partial charge in [0, 0.05) is 13.0 Å². The van der Waals surface area contributed by atoms with Crippen LogP contribution in [0.4, 0.5) is 0 Å². The molecular formula is C19H39NO3. The van der Waals surface area contributed by atoms with Gasteiger partial charge in [0.1, 0.15) is 6.10 Å². The van der Waals surface area contributed by atoms with Crippen molar-refractivity contribution in [3.05, 3.63) is 0 Å². The van der Waals surface area contributed by atoms with Crippen LogP contribution >= 0.6 is 0 Å². The molecule has 4 atom stereocenters. The standard InChI is InChI=1S/C19H39NO3/c1-4-6-8-10-12-14-23-19-17(22)15-16(21)18(19)20(3)13-11-9-7-5-2/h16-19,21-22H,4-15H2,1-3H3. The summed E-state index contributed by atoms with van der Waals surface area (Å²) in [7, 11) is 2.05. The quantitative estimate of drug-likeness (QED) is 0.509. The summed E-state index contributed by atoms with van der Waals surface area (Å²) in [5, 5.41) is 20.5. The number of rotatable bonds is 13. The van der Waals surface area contributed by atoms with Crippen LogP contribution in [0, 0.1) is 0 Å². The Kier molecular flexibility index (Phi) is 11.1. The zero-order chi connectivity index (χ0) is 17.1. The van der Waals surface area contributed by atoms with E-state index in [1.54, 1.807) is 0 Å². The summed E-state index contributed by atoms with van der Waals surface area (Å²) in [6, 6.07) is -0.0673. The average molecular weight is 330 g/mol. The van der Waals surface area contributed by atoms with Crippen molar-refractivity contribution >= 4 is 0 Å². The molecule has 1 rings (SSSR count). The van der Waals surface area contributed by atoms with Crippen molar-refractivity contribution in [2.75, 3.05) is 20.2 Å². The van der Waals surface area contributed by atoms with Gasteiger partial charge in [0.15, 0.2) is 0 Å². The Hall–Kier alpha value is -0.160. The molecule has 138 valence electrons. The number of hydrogen-bond donors (Lipinski definition) is 2. The van der Waals surface area contributed by atoms with E-state index in [-0.39, 0.29) is 12.1 Å². The third-order valence-electron chi connectivity index (χ3n) is 5.02. The van der Waals surface area contributed by atoms with Gasteiger partial charge in [0.2, 0.25) is 0 Å². The van der Waals surface area contributed by atoms with E-state index in [2.05, 4.69) is 25.8 Å². The zero-order valence-corrected chi connectivity index (χ0v) is 15.5. The highest BCUT2D eigenvalue weighted by Gasteiger charge is 2.44. The highest BCUT2D eigenvalue weighted by molar-refractivity contribution is 4.98. The first kappa shape index (κ1) is 20.9. The lowest BCUT2D eigenvalue weighted by Gasteiger charge is -2.32. The number of unbranched alkanes of at least 4 members (excludes halogenated alkanes) is 7. The van der Waals surface area contributed by atoms with Crippen LogP contribution in [0.2, 0.25) is 0 Å². The van der Waals surface area contributed by atoms with Crippen molar-refractivity contribution < 1.29 is 14.9 Å². The van der Waals surface area contributed by atoms with Crippen molar-refractivity contribution in [1.29, 1.82) is 0 Å². The van der Waals surface area contributed by atoms with Crippen LogP contribution in [0.25, 0.3) is 0 Å². The molecule has 0 spiro atoms. The Morgan fingerprint density at radius 1 is 0.870 bits per heavy atom. The molecule has 4 nitrogen and oxygen atoms in total. The molecule has 0 saturated heterocycles. The zero-order valence-electron chi connectivity index (χ0n) is 15.5. The lowest BCUT2D eigenvalue weighted by atomic mass is 10.1. The van der Waals surface area contributed by atoms with E-state index in [0.717, 1.165) is 19.4 Å². The van der Waals surface area contributed by atoms with Crippen LogP contribution < -0.4 is 0 Å². The summed E-state index contributed by atoms with van der Waals surface area (Å²) >= 11 is 0. The number of aliphatic hydroxyl groups is 2. The molecule has 0 bridgehead atoms. The molecule has 0 heterocycles. The van der Waals surface area contributed by atoms with E-state index in [0.29, 0.717) is 13.0 Å². The third-order valence-corrected chi connectivity index (χ3v) is 5.02. The van der Waals surface area contributed by atoms with Gasteiger partial charge in [-0.2, -0.15) is 0 Å². The van der Waals surface area contributed by atoms with Gasteiger partial charge in [-0.1, -0.05) is 58.8 Å². The predicted octanol–water partition coefficient (Wildman–Crippen LogP) is 3.35. The molecule has 23 heavy (non-hydrogen) atoms. The fourth-order valence-electron chi connectivity index (χ4n) is 3.58. The minimum absolute atomic E-state index is 0.0673. The van der Waals surface area contributed by atoms with Gasteiger partial charge in [-0.3, -0.25) is 4.90 Å². The first-order valence-electron chi connectivity index (χ1n) is 9.79. The topological polar surface area (TPSA) is 52.9 Å². The summed E-state index contributed by atoms with van der Waals surface area (Å²) in [6.07, 6.45) is 10.1. The van der Waals surface area contributed by atoms with E-state index in [1.807, 2.05) is 0 Å². The highest BCUT2D eigenvalue weighted by Crippen LogP contribution is 2.28. The average Bonchev–Trinajstić information content (AvgIpc) is 2.81. The molecule has 1 aliphatic carbocycles. The SMILES string of the molecule is CCCCCCCOC1C(O)CC(O)C1N(C)CCCCCC. The Morgan fingerprint density at radius 3 is 2.13 bits per heavy atom. The molecule has 0 aromatic heterocycles. The molecule has 0 aromatic carbocycles. The van der Waals surface area contributed by atoms with E-state index >= 15 is 0 Å². The van der Waals surface area contributed by atoms with Crippen LogP contribution in [0.1, 0.15) is 78.1 Å². The van der Waals surface area contributed by atoms with Crippen LogP contribution in [-0.2, 0) is 4.74 Å². The van der Waals surface area contributed by atoms with E-state index in [9.17, 15) is 10.2 Å². The van der Waals surface area contributed by atoms with Crippen LogP contribution in [0.5, 0.6) is 0 Å². The number of ether oxygens (including phenoxy) is 1. The largest absolute Gasteiger partial charge is 0.391 e. The van der Waals surface area contributed by atoms with Crippen LogP contribution in [0.15, 0.2) is 0 Å². The summed E-state index contributed by atoms with van der Waals surface area (Å²) in [6.45, 7) is 6.09. The van der Waals surface area contributed by atoms with Crippen molar-refractivity contribution in [2.45, 2.75) is 102 Å². The molecule has 4 unspecified atom stereocenters. The molecule has 1 aliphatic rings. The van der Waals surface area contributed by atoms with Gasteiger partial charge in [0.25, 0.3) is 0 Å². The number of hydrogen-bond acceptors (Lipinski definition) is 4. The molecule has 1 saturated carbocycles. The second-order valence-electron chi connectivity index (χ2n) is 7.15. The van der Waals surface area contributed by atoms with E-state index in [1.165, 1.54) is 44.9 Å². The number of likely N-dealkylation sites (N-methyl/N-ethyl adjacent to an activating group) is 1. The van der Waals surface area contributed by atoms with Gasteiger partial charge in [-0.25, -0.2) is 0 Å². The Balaban J connectivity index is 2.35. The minimum Gasteiger partial charge on any atom is -0.391 e. The molecule has 2 N–H and O–H groups in total. The smallest absolute Gasteiger partial charge is 0.101 e. The monoisotopic (exact) mass is 329 g/mol. The van der Waals surface area contributed by atoms with Crippen molar-refractivity contribution in [2.24, 2.45) is 0 Å². The van der Waals surface area contributed by atoms with Gasteiger partial charge in [-0.15, -0.1) is 0 Å². The first-order valence-corrected chi connectivity index (χ1v) is 9.79. The van der Waals surface area contributed by atoms with E-state index < -0.39 is 12.2 Å². The maximum Gasteiger partial charge on any atom is 0.101 e. The normalized spacial score (nSPS) is 27.9. The second kappa shape index (κ2) is 12.2. The molecule has 0 amide bonds. The minimum atomic E-state index is -0.538. The Morgan fingerprint density at radius 2 is 1.48 bits per heavy atom. The molecule has 0 aromatic rings. The lowest BCUT2D eigenvalue weighted by Crippen LogP contribution is -2.47. The third kappa shape index (κ3) is 7.51. The molecule has 1 fully saturated rings.